The summed E-state index contributed by atoms with van der Waals surface area (Å²) in [6, 6.07) is 14.8. The van der Waals surface area contributed by atoms with Gasteiger partial charge in [-0.1, -0.05) is 0 Å². The number of nitrogens with zero attached hydrogens (tertiary/aromatic N) is 3. The normalized spacial score (nSPS) is 11.1. The number of halogens is 1. The molecule has 0 atom stereocenters. The highest BCUT2D eigenvalue weighted by atomic mass is 19.1. The van der Waals surface area contributed by atoms with Crippen LogP contribution in [0, 0.1) is 5.82 Å². The molecule has 8 heteroatoms. The minimum atomic E-state index is -0.365. The fourth-order valence-corrected chi connectivity index (χ4v) is 3.74. The predicted molar refractivity (Wildman–Crippen MR) is 124 cm³/mol. The summed E-state index contributed by atoms with van der Waals surface area (Å²) in [6.45, 7) is 2.83. The van der Waals surface area contributed by atoms with E-state index in [2.05, 4.69) is 25.5 Å². The van der Waals surface area contributed by atoms with Crippen molar-refractivity contribution in [2.24, 2.45) is 0 Å². The van der Waals surface area contributed by atoms with Crippen LogP contribution in [0.2, 0.25) is 0 Å². The lowest BCUT2D eigenvalue weighted by atomic mass is 9.98. The van der Waals surface area contributed by atoms with Gasteiger partial charge in [0, 0.05) is 33.2 Å². The number of H-pyrrole nitrogens is 1. The van der Waals surface area contributed by atoms with Crippen molar-refractivity contribution in [1.29, 1.82) is 0 Å². The van der Waals surface area contributed by atoms with Crippen LogP contribution >= 0.6 is 0 Å². The highest BCUT2D eigenvalue weighted by Gasteiger charge is 2.18. The molecular formula is C25H18FN5O2. The number of nitrogens with one attached hydrogen (secondary N) is 2. The first-order chi connectivity index (χ1) is 15.9. The van der Waals surface area contributed by atoms with Gasteiger partial charge in [-0.25, -0.2) is 14.4 Å². The molecule has 33 heavy (non-hydrogen) atoms. The largest absolute Gasteiger partial charge is 0.340 e. The van der Waals surface area contributed by atoms with Gasteiger partial charge in [0.2, 0.25) is 0 Å². The average Bonchev–Trinajstić information content (AvgIpc) is 3.26. The maximum absolute atomic E-state index is 13.5. The van der Waals surface area contributed by atoms with Gasteiger partial charge in [0.1, 0.15) is 11.6 Å². The van der Waals surface area contributed by atoms with Gasteiger partial charge >= 0.3 is 0 Å². The molecule has 0 aliphatic carbocycles. The zero-order valence-electron chi connectivity index (χ0n) is 17.8. The molecule has 0 radical (unpaired) electrons. The fraction of sp³-hybridized carbons (Fsp3) is 0.0800. The zero-order valence-corrected chi connectivity index (χ0v) is 17.8. The van der Waals surface area contributed by atoms with E-state index in [1.807, 2.05) is 18.2 Å². The van der Waals surface area contributed by atoms with Gasteiger partial charge in [-0.05, 0) is 68.4 Å². The number of carbonyl (C=O) groups is 2. The molecule has 0 amide bonds. The third-order valence-corrected chi connectivity index (χ3v) is 5.40. The summed E-state index contributed by atoms with van der Waals surface area (Å²) in [5.41, 5.74) is 3.36. The highest BCUT2D eigenvalue weighted by Crippen LogP contribution is 2.31. The molecule has 7 nitrogen and oxygen atoms in total. The van der Waals surface area contributed by atoms with Crippen molar-refractivity contribution < 1.29 is 14.0 Å². The van der Waals surface area contributed by atoms with Gasteiger partial charge in [0.05, 0.1) is 17.2 Å². The molecule has 0 bridgehead atoms. The Kier molecular flexibility index (Phi) is 4.90. The summed E-state index contributed by atoms with van der Waals surface area (Å²) in [5.74, 6) is -0.00468. The molecule has 0 unspecified atom stereocenters. The van der Waals surface area contributed by atoms with Crippen LogP contribution in [-0.2, 0) is 0 Å². The number of carbonyl (C=O) groups excluding carboxylic acids is 2. The molecule has 5 aromatic rings. The molecule has 0 aliphatic heterocycles. The number of ketones is 2. The van der Waals surface area contributed by atoms with Gasteiger partial charge in [-0.2, -0.15) is 5.10 Å². The predicted octanol–water partition coefficient (Wildman–Crippen LogP) is 5.46. The van der Waals surface area contributed by atoms with Gasteiger partial charge in [0.15, 0.2) is 17.4 Å². The Hall–Kier alpha value is -4.46. The van der Waals surface area contributed by atoms with Crippen molar-refractivity contribution in [3.63, 3.8) is 0 Å². The third-order valence-electron chi connectivity index (χ3n) is 5.40. The lowest BCUT2D eigenvalue weighted by molar-refractivity contribution is 0.0981. The number of aromatic nitrogens is 4. The Morgan fingerprint density at radius 1 is 0.909 bits per heavy atom. The number of aromatic amines is 1. The van der Waals surface area contributed by atoms with Crippen LogP contribution in [0.1, 0.15) is 34.6 Å². The van der Waals surface area contributed by atoms with Crippen molar-refractivity contribution in [2.75, 3.05) is 5.32 Å². The van der Waals surface area contributed by atoms with Crippen molar-refractivity contribution in [1.82, 2.24) is 20.2 Å². The fourth-order valence-electron chi connectivity index (χ4n) is 3.74. The number of fused-ring (bicyclic) bond motifs is 2. The van der Waals surface area contributed by atoms with Crippen molar-refractivity contribution in [3.05, 3.63) is 77.7 Å². The first kappa shape index (κ1) is 20.4. The molecule has 0 fully saturated rings. The second-order valence-electron chi connectivity index (χ2n) is 7.73. The summed E-state index contributed by atoms with van der Waals surface area (Å²) in [7, 11) is 0. The lowest BCUT2D eigenvalue weighted by Crippen LogP contribution is -2.07. The lowest BCUT2D eigenvalue weighted by Gasteiger charge is -2.14. The van der Waals surface area contributed by atoms with Gasteiger partial charge < -0.3 is 5.32 Å². The molecule has 5 rings (SSSR count). The van der Waals surface area contributed by atoms with E-state index < -0.39 is 0 Å². The van der Waals surface area contributed by atoms with E-state index in [-0.39, 0.29) is 17.4 Å². The summed E-state index contributed by atoms with van der Waals surface area (Å²) in [6.07, 6.45) is 1.72. The minimum Gasteiger partial charge on any atom is -0.340 e. The van der Waals surface area contributed by atoms with Crippen molar-refractivity contribution in [3.8, 4) is 11.4 Å². The summed E-state index contributed by atoms with van der Waals surface area (Å²) in [4.78, 5) is 33.8. The molecule has 0 spiro atoms. The van der Waals surface area contributed by atoms with Crippen molar-refractivity contribution in [2.45, 2.75) is 13.8 Å². The van der Waals surface area contributed by atoms with E-state index in [1.54, 1.807) is 30.5 Å². The zero-order chi connectivity index (χ0) is 23.1. The minimum absolute atomic E-state index is 0.226. The first-order valence-electron chi connectivity index (χ1n) is 10.2. The average molecular weight is 439 g/mol. The summed E-state index contributed by atoms with van der Waals surface area (Å²) >= 11 is 0. The maximum atomic E-state index is 13.5. The number of anilines is 2. The molecule has 162 valence electrons. The van der Waals surface area contributed by atoms with Crippen LogP contribution in [0.5, 0.6) is 0 Å². The van der Waals surface area contributed by atoms with Crippen LogP contribution in [0.4, 0.5) is 15.9 Å². The van der Waals surface area contributed by atoms with E-state index in [0.29, 0.717) is 39.2 Å². The molecule has 0 saturated heterocycles. The number of benzene rings is 3. The van der Waals surface area contributed by atoms with E-state index >= 15 is 0 Å². The standard InChI is InChI=1S/C25H18FN5O2/c1-13(32)19-10-21-23(11-20(19)14(2)33)29-24(15-3-5-17(26)6-4-15)30-25(21)28-18-7-8-22-16(9-18)12-27-31-22/h3-12H,1-2H3,(H,27,31)(H,28,29,30). The number of Topliss-reactive ketones (excluding diaryl/α,β-unsaturated/α-hetero) is 2. The first-order valence-corrected chi connectivity index (χ1v) is 10.2. The molecule has 0 aliphatic rings. The molecule has 2 N–H and O–H groups in total. The molecule has 2 heterocycles. The third kappa shape index (κ3) is 3.82. The molecule has 2 aromatic heterocycles. The van der Waals surface area contributed by atoms with Crippen LogP contribution in [0.25, 0.3) is 33.2 Å². The van der Waals surface area contributed by atoms with Crippen molar-refractivity contribution >= 4 is 44.9 Å². The Morgan fingerprint density at radius 2 is 1.64 bits per heavy atom. The summed E-state index contributed by atoms with van der Waals surface area (Å²) < 4.78 is 13.5. The van der Waals surface area contributed by atoms with Crippen LogP contribution in [-0.4, -0.2) is 31.7 Å². The van der Waals surface area contributed by atoms with Crippen LogP contribution in [0.15, 0.2) is 60.8 Å². The molecular weight excluding hydrogens is 421 g/mol. The van der Waals surface area contributed by atoms with Gasteiger partial charge in [-0.15, -0.1) is 0 Å². The van der Waals surface area contributed by atoms with Crippen LogP contribution in [0.3, 0.4) is 0 Å². The molecule has 3 aromatic carbocycles. The van der Waals surface area contributed by atoms with Gasteiger partial charge in [0.25, 0.3) is 0 Å². The van der Waals surface area contributed by atoms with Gasteiger partial charge in [-0.3, -0.25) is 14.7 Å². The number of hydrogen-bond acceptors (Lipinski definition) is 6. The smallest absolute Gasteiger partial charge is 0.162 e. The Labute approximate surface area is 187 Å². The maximum Gasteiger partial charge on any atom is 0.162 e. The Bertz CT molecular complexity index is 1560. The monoisotopic (exact) mass is 439 g/mol. The van der Waals surface area contributed by atoms with E-state index in [4.69, 9.17) is 0 Å². The van der Waals surface area contributed by atoms with E-state index in [9.17, 15) is 14.0 Å². The quantitative estimate of drug-likeness (QED) is 0.353. The highest BCUT2D eigenvalue weighted by molar-refractivity contribution is 6.11. The molecule has 0 saturated carbocycles. The number of hydrogen-bond donors (Lipinski definition) is 2. The van der Waals surface area contributed by atoms with E-state index in [0.717, 1.165) is 16.6 Å². The second-order valence-corrected chi connectivity index (χ2v) is 7.73. The second kappa shape index (κ2) is 7.90. The summed E-state index contributed by atoms with van der Waals surface area (Å²) in [5, 5.41) is 11.8. The van der Waals surface area contributed by atoms with E-state index in [1.165, 1.54) is 26.0 Å². The Balaban J connectivity index is 1.74. The van der Waals surface area contributed by atoms with Crippen LogP contribution < -0.4 is 5.32 Å². The number of rotatable bonds is 5. The Morgan fingerprint density at radius 3 is 2.36 bits per heavy atom. The topological polar surface area (TPSA) is 101 Å². The SMILES string of the molecule is CC(=O)c1cc2nc(-c3ccc(F)cc3)nc(Nc3ccc4[nH]ncc4c3)c2cc1C(C)=O.